The summed E-state index contributed by atoms with van der Waals surface area (Å²) in [6.07, 6.45) is -4.84. The molecule has 33 heavy (non-hydrogen) atoms. The molecular weight excluding hydrogens is 441 g/mol. The van der Waals surface area contributed by atoms with E-state index in [0.717, 1.165) is 10.7 Å². The monoisotopic (exact) mass is 458 g/mol. The van der Waals surface area contributed by atoms with Gasteiger partial charge in [0.2, 0.25) is 0 Å². The fraction of sp³-hybridized carbons (Fsp3) is 0.190. The molecule has 1 aromatic carbocycles. The summed E-state index contributed by atoms with van der Waals surface area (Å²) in [5.74, 6) is -1.26. The molecule has 4 aromatic rings. The number of aromatic nitrogens is 4. The van der Waals surface area contributed by atoms with Crippen LogP contribution >= 0.6 is 0 Å². The predicted octanol–water partition coefficient (Wildman–Crippen LogP) is 3.45. The van der Waals surface area contributed by atoms with Crippen LogP contribution in [0, 0.1) is 13.8 Å². The Morgan fingerprint density at radius 3 is 2.55 bits per heavy atom. The number of hydrogen-bond acceptors (Lipinski definition) is 6. The Morgan fingerprint density at radius 1 is 1.18 bits per heavy atom. The number of anilines is 1. The molecule has 3 aromatic heterocycles. The number of rotatable bonds is 5. The first-order chi connectivity index (χ1) is 15.5. The number of fused-ring (bicyclic) bond motifs is 1. The number of pyridine rings is 1. The van der Waals surface area contributed by atoms with Gasteiger partial charge in [0.25, 0.3) is 11.8 Å². The zero-order chi connectivity index (χ0) is 23.9. The Bertz CT molecular complexity index is 1390. The second-order valence-corrected chi connectivity index (χ2v) is 7.28. The van der Waals surface area contributed by atoms with Crippen LogP contribution in [-0.2, 0) is 12.7 Å². The Balaban J connectivity index is 1.77. The second-order valence-electron chi connectivity index (χ2n) is 7.28. The zero-order valence-corrected chi connectivity index (χ0v) is 17.4. The third kappa shape index (κ3) is 4.27. The van der Waals surface area contributed by atoms with Gasteiger partial charge >= 0.3 is 6.18 Å². The van der Waals surface area contributed by atoms with Crippen LogP contribution < -0.4 is 11.1 Å². The van der Waals surface area contributed by atoms with Crippen LogP contribution in [0.4, 0.5) is 18.9 Å². The minimum absolute atomic E-state index is 0.0539. The van der Waals surface area contributed by atoms with Crippen molar-refractivity contribution in [1.82, 2.24) is 19.9 Å². The lowest BCUT2D eigenvalue weighted by atomic mass is 10.1. The number of alkyl halides is 3. The number of nitrogens with two attached hydrogens (primary N) is 1. The molecule has 2 amide bonds. The van der Waals surface area contributed by atoms with Crippen molar-refractivity contribution < 1.29 is 27.3 Å². The van der Waals surface area contributed by atoms with Gasteiger partial charge in [-0.05, 0) is 26.0 Å². The van der Waals surface area contributed by atoms with E-state index in [2.05, 4.69) is 20.6 Å². The number of aryl methyl sites for hydroxylation is 1. The van der Waals surface area contributed by atoms with Gasteiger partial charge in [-0.15, -0.1) is 0 Å². The summed E-state index contributed by atoms with van der Waals surface area (Å²) in [7, 11) is 0. The molecule has 0 aliphatic heterocycles. The van der Waals surface area contributed by atoms with E-state index in [1.807, 2.05) is 0 Å². The first-order valence-electron chi connectivity index (χ1n) is 9.62. The lowest BCUT2D eigenvalue weighted by Crippen LogP contribution is -2.19. The normalized spacial score (nSPS) is 11.7. The molecule has 0 aliphatic rings. The SMILES string of the molecule is Cc1cc(Cn2nc(C(F)(F)F)c(NC(=O)c3cc(C(N)=O)nc4ccccc34)c2C)no1. The van der Waals surface area contributed by atoms with Crippen molar-refractivity contribution >= 4 is 28.4 Å². The van der Waals surface area contributed by atoms with Crippen molar-refractivity contribution in [3.05, 3.63) is 70.5 Å². The van der Waals surface area contributed by atoms with E-state index in [9.17, 15) is 22.8 Å². The van der Waals surface area contributed by atoms with Gasteiger partial charge in [-0.25, -0.2) is 4.98 Å². The summed E-state index contributed by atoms with van der Waals surface area (Å²) in [4.78, 5) is 28.8. The van der Waals surface area contributed by atoms with Crippen LogP contribution in [0.1, 0.15) is 43.7 Å². The van der Waals surface area contributed by atoms with Crippen molar-refractivity contribution in [2.75, 3.05) is 5.32 Å². The van der Waals surface area contributed by atoms with Gasteiger partial charge in [0, 0.05) is 11.5 Å². The highest BCUT2D eigenvalue weighted by atomic mass is 19.4. The summed E-state index contributed by atoms with van der Waals surface area (Å²) >= 11 is 0. The molecule has 0 atom stereocenters. The second kappa shape index (κ2) is 8.04. The highest BCUT2D eigenvalue weighted by Crippen LogP contribution is 2.36. The first kappa shape index (κ1) is 22.0. The molecule has 12 heteroatoms. The first-order valence-corrected chi connectivity index (χ1v) is 9.62. The number of benzene rings is 1. The average molecular weight is 458 g/mol. The van der Waals surface area contributed by atoms with Crippen molar-refractivity contribution in [1.29, 1.82) is 0 Å². The minimum atomic E-state index is -4.84. The summed E-state index contributed by atoms with van der Waals surface area (Å²) in [6.45, 7) is 2.95. The van der Waals surface area contributed by atoms with Gasteiger partial charge in [0.1, 0.15) is 17.1 Å². The number of carbonyl (C=O) groups is 2. The van der Waals surface area contributed by atoms with E-state index in [-0.39, 0.29) is 23.5 Å². The van der Waals surface area contributed by atoms with Gasteiger partial charge < -0.3 is 15.6 Å². The summed E-state index contributed by atoms with van der Waals surface area (Å²) in [5, 5.41) is 10.1. The van der Waals surface area contributed by atoms with Crippen LogP contribution in [0.2, 0.25) is 0 Å². The Labute approximate surface area is 184 Å². The summed E-state index contributed by atoms with van der Waals surface area (Å²) < 4.78 is 47.2. The number of hydrogen-bond donors (Lipinski definition) is 2. The van der Waals surface area contributed by atoms with E-state index in [1.54, 1.807) is 37.3 Å². The fourth-order valence-corrected chi connectivity index (χ4v) is 3.36. The number of primary amides is 1. The Kier molecular flexibility index (Phi) is 5.36. The maximum atomic E-state index is 13.7. The molecule has 9 nitrogen and oxygen atoms in total. The molecule has 0 fully saturated rings. The lowest BCUT2D eigenvalue weighted by Gasteiger charge is -2.11. The van der Waals surface area contributed by atoms with Crippen LogP contribution in [0.15, 0.2) is 40.9 Å². The maximum absolute atomic E-state index is 13.7. The van der Waals surface area contributed by atoms with Crippen LogP contribution in [-0.4, -0.2) is 31.7 Å². The largest absolute Gasteiger partial charge is 0.437 e. The smallest absolute Gasteiger partial charge is 0.364 e. The Hall–Kier alpha value is -4.22. The van der Waals surface area contributed by atoms with Gasteiger partial charge in [-0.3, -0.25) is 14.3 Å². The fourth-order valence-electron chi connectivity index (χ4n) is 3.36. The molecule has 0 radical (unpaired) electrons. The molecule has 0 saturated carbocycles. The molecule has 3 heterocycles. The Morgan fingerprint density at radius 2 is 1.91 bits per heavy atom. The lowest BCUT2D eigenvalue weighted by molar-refractivity contribution is -0.140. The number of carbonyl (C=O) groups excluding carboxylic acids is 2. The van der Waals surface area contributed by atoms with Crippen molar-refractivity contribution in [2.45, 2.75) is 26.6 Å². The van der Waals surface area contributed by atoms with E-state index < -0.39 is 29.4 Å². The molecule has 0 saturated heterocycles. The highest BCUT2D eigenvalue weighted by Gasteiger charge is 2.39. The number of para-hydroxylation sites is 1. The maximum Gasteiger partial charge on any atom is 0.437 e. The van der Waals surface area contributed by atoms with E-state index in [0.29, 0.717) is 22.4 Å². The third-order valence-electron chi connectivity index (χ3n) is 4.92. The molecule has 0 aliphatic carbocycles. The van der Waals surface area contributed by atoms with E-state index in [4.69, 9.17) is 10.3 Å². The highest BCUT2D eigenvalue weighted by molar-refractivity contribution is 6.14. The average Bonchev–Trinajstić information content (AvgIpc) is 3.30. The molecule has 3 N–H and O–H groups in total. The predicted molar refractivity (Wildman–Crippen MR) is 111 cm³/mol. The van der Waals surface area contributed by atoms with Crippen molar-refractivity contribution in [2.24, 2.45) is 5.73 Å². The standard InChI is InChI=1S/C21H17F3N6O3/c1-10-7-12(29-33-10)9-30-11(2)17(18(28-30)21(22,23)24)27-20(32)14-8-16(19(25)31)26-15-6-4-3-5-13(14)15/h3-8H,9H2,1-2H3,(H2,25,31)(H,27,32). The molecule has 4 rings (SSSR count). The van der Waals surface area contributed by atoms with Gasteiger partial charge in [0.05, 0.1) is 29.0 Å². The molecular formula is C21H17F3N6O3. The van der Waals surface area contributed by atoms with Crippen LogP contribution in [0.3, 0.4) is 0 Å². The van der Waals surface area contributed by atoms with Gasteiger partial charge in [-0.1, -0.05) is 23.4 Å². The number of amides is 2. The van der Waals surface area contributed by atoms with Crippen molar-refractivity contribution in [3.8, 4) is 0 Å². The number of halogens is 3. The topological polar surface area (TPSA) is 129 Å². The summed E-state index contributed by atoms with van der Waals surface area (Å²) in [6, 6.07) is 9.11. The van der Waals surface area contributed by atoms with E-state index >= 15 is 0 Å². The quantitative estimate of drug-likeness (QED) is 0.471. The van der Waals surface area contributed by atoms with E-state index in [1.165, 1.54) is 6.92 Å². The van der Waals surface area contributed by atoms with Gasteiger partial charge in [-0.2, -0.15) is 18.3 Å². The molecule has 0 bridgehead atoms. The number of nitrogens with zero attached hydrogens (tertiary/aromatic N) is 4. The van der Waals surface area contributed by atoms with Crippen molar-refractivity contribution in [3.63, 3.8) is 0 Å². The van der Waals surface area contributed by atoms with Crippen LogP contribution in [0.5, 0.6) is 0 Å². The van der Waals surface area contributed by atoms with Crippen LogP contribution in [0.25, 0.3) is 10.9 Å². The number of nitrogens with one attached hydrogen (secondary N) is 1. The molecule has 170 valence electrons. The zero-order valence-electron chi connectivity index (χ0n) is 17.4. The molecule has 0 unspecified atom stereocenters. The molecule has 0 spiro atoms. The third-order valence-corrected chi connectivity index (χ3v) is 4.92. The minimum Gasteiger partial charge on any atom is -0.364 e. The van der Waals surface area contributed by atoms with Gasteiger partial charge in [0.15, 0.2) is 5.69 Å². The summed E-state index contributed by atoms with van der Waals surface area (Å²) in [5.41, 5.74) is 4.02.